The standard InChI is InChI=1S/C17H31/c1-15(17-12-8-4-5-9-13-17)14-16-10-6-2-3-7-11-16/h16-17H,2-14H2,1H3. The van der Waals surface area contributed by atoms with Crippen LogP contribution in [0.4, 0.5) is 0 Å². The fraction of sp³-hybridized carbons (Fsp3) is 0.941. The van der Waals surface area contributed by atoms with E-state index in [0.717, 1.165) is 11.8 Å². The molecule has 2 rings (SSSR count). The summed E-state index contributed by atoms with van der Waals surface area (Å²) >= 11 is 0. The molecule has 2 fully saturated rings. The maximum absolute atomic E-state index is 2.47. The van der Waals surface area contributed by atoms with Gasteiger partial charge in [-0.3, -0.25) is 0 Å². The van der Waals surface area contributed by atoms with E-state index < -0.39 is 0 Å². The molecule has 0 amide bonds. The summed E-state index contributed by atoms with van der Waals surface area (Å²) in [7, 11) is 0. The lowest BCUT2D eigenvalue weighted by Crippen LogP contribution is -2.13. The van der Waals surface area contributed by atoms with E-state index in [4.69, 9.17) is 0 Å². The second-order valence-electron chi connectivity index (χ2n) is 6.60. The zero-order valence-electron chi connectivity index (χ0n) is 11.8. The summed E-state index contributed by atoms with van der Waals surface area (Å²) in [4.78, 5) is 0. The third kappa shape index (κ3) is 4.64. The molecular weight excluding hydrogens is 204 g/mol. The highest BCUT2D eigenvalue weighted by atomic mass is 14.3. The van der Waals surface area contributed by atoms with Crippen molar-refractivity contribution in [2.45, 2.75) is 90.4 Å². The Bertz CT molecular complexity index is 180. The molecule has 0 saturated heterocycles. The Morgan fingerprint density at radius 3 is 1.71 bits per heavy atom. The van der Waals surface area contributed by atoms with Gasteiger partial charge >= 0.3 is 0 Å². The van der Waals surface area contributed by atoms with Crippen LogP contribution in [0.3, 0.4) is 0 Å². The largest absolute Gasteiger partial charge is 0.0588 e. The highest BCUT2D eigenvalue weighted by Gasteiger charge is 2.23. The van der Waals surface area contributed by atoms with Crippen molar-refractivity contribution < 1.29 is 0 Å². The minimum atomic E-state index is 0.987. The fourth-order valence-electron chi connectivity index (χ4n) is 3.96. The quantitative estimate of drug-likeness (QED) is 0.533. The van der Waals surface area contributed by atoms with E-state index in [1.165, 1.54) is 83.5 Å². The third-order valence-electron chi connectivity index (χ3n) is 5.14. The molecular formula is C17H31. The first-order chi connectivity index (χ1) is 8.36. The van der Waals surface area contributed by atoms with Gasteiger partial charge in [-0.05, 0) is 37.0 Å². The molecule has 0 unspecified atom stereocenters. The first-order valence-corrected chi connectivity index (χ1v) is 8.18. The molecule has 1 radical (unpaired) electrons. The van der Waals surface area contributed by atoms with Crippen molar-refractivity contribution in [3.63, 3.8) is 0 Å². The lowest BCUT2D eigenvalue weighted by molar-refractivity contribution is 0.373. The van der Waals surface area contributed by atoms with Crippen molar-refractivity contribution in [2.75, 3.05) is 0 Å². The Kier molecular flexibility index (Phi) is 5.88. The van der Waals surface area contributed by atoms with E-state index in [0.29, 0.717) is 0 Å². The topological polar surface area (TPSA) is 0 Å². The minimum absolute atomic E-state index is 0.987. The molecule has 99 valence electrons. The van der Waals surface area contributed by atoms with Crippen molar-refractivity contribution in [2.24, 2.45) is 11.8 Å². The molecule has 17 heavy (non-hydrogen) atoms. The number of hydrogen-bond acceptors (Lipinski definition) is 0. The highest BCUT2D eigenvalue weighted by molar-refractivity contribution is 4.94. The summed E-state index contributed by atoms with van der Waals surface area (Å²) in [5.41, 5.74) is 0. The van der Waals surface area contributed by atoms with Gasteiger partial charge in [-0.2, -0.15) is 0 Å². The second kappa shape index (κ2) is 7.44. The predicted molar refractivity (Wildman–Crippen MR) is 75.9 cm³/mol. The molecule has 0 heteroatoms. The molecule has 2 saturated carbocycles. The summed E-state index contributed by atoms with van der Waals surface area (Å²) in [6, 6.07) is 0. The van der Waals surface area contributed by atoms with Gasteiger partial charge in [0.1, 0.15) is 0 Å². The van der Waals surface area contributed by atoms with Crippen LogP contribution in [0.2, 0.25) is 0 Å². The maximum Gasteiger partial charge on any atom is -0.0238 e. The van der Waals surface area contributed by atoms with Gasteiger partial charge in [-0.25, -0.2) is 0 Å². The molecule has 0 N–H and O–H groups in total. The van der Waals surface area contributed by atoms with Crippen LogP contribution in [0.25, 0.3) is 0 Å². The van der Waals surface area contributed by atoms with Crippen LogP contribution >= 0.6 is 0 Å². The van der Waals surface area contributed by atoms with Gasteiger partial charge in [0.15, 0.2) is 0 Å². The van der Waals surface area contributed by atoms with Gasteiger partial charge in [-0.15, -0.1) is 0 Å². The molecule has 0 nitrogen and oxygen atoms in total. The summed E-state index contributed by atoms with van der Waals surface area (Å²) in [6.45, 7) is 2.47. The van der Waals surface area contributed by atoms with E-state index in [2.05, 4.69) is 6.92 Å². The Labute approximate surface area is 109 Å². The van der Waals surface area contributed by atoms with E-state index in [1.54, 1.807) is 0 Å². The predicted octanol–water partition coefficient (Wildman–Crippen LogP) is 5.91. The van der Waals surface area contributed by atoms with Gasteiger partial charge in [0.25, 0.3) is 0 Å². The lowest BCUT2D eigenvalue weighted by Gasteiger charge is -2.26. The fourth-order valence-corrected chi connectivity index (χ4v) is 3.96. The molecule has 0 bridgehead atoms. The van der Waals surface area contributed by atoms with Gasteiger partial charge in [0.05, 0.1) is 0 Å². The van der Waals surface area contributed by atoms with Crippen molar-refractivity contribution in [1.82, 2.24) is 0 Å². The number of rotatable bonds is 3. The van der Waals surface area contributed by atoms with Crippen LogP contribution in [0.5, 0.6) is 0 Å². The Morgan fingerprint density at radius 1 is 0.706 bits per heavy atom. The average molecular weight is 235 g/mol. The molecule has 0 heterocycles. The van der Waals surface area contributed by atoms with E-state index in [9.17, 15) is 0 Å². The highest BCUT2D eigenvalue weighted by Crippen LogP contribution is 2.36. The van der Waals surface area contributed by atoms with Crippen LogP contribution in [-0.2, 0) is 0 Å². The van der Waals surface area contributed by atoms with Gasteiger partial charge in [0, 0.05) is 0 Å². The van der Waals surface area contributed by atoms with Crippen LogP contribution in [0.15, 0.2) is 0 Å². The van der Waals surface area contributed by atoms with Crippen LogP contribution in [0.1, 0.15) is 90.4 Å². The van der Waals surface area contributed by atoms with Gasteiger partial charge in [-0.1, -0.05) is 71.1 Å². The Balaban J connectivity index is 1.75. The molecule has 2 aliphatic carbocycles. The van der Waals surface area contributed by atoms with E-state index in [1.807, 2.05) is 5.92 Å². The zero-order valence-corrected chi connectivity index (χ0v) is 11.8. The number of hydrogen-bond donors (Lipinski definition) is 0. The van der Waals surface area contributed by atoms with E-state index in [-0.39, 0.29) is 0 Å². The first kappa shape index (κ1) is 13.4. The summed E-state index contributed by atoms with van der Waals surface area (Å²) in [6.07, 6.45) is 19.5. The Morgan fingerprint density at radius 2 is 1.18 bits per heavy atom. The zero-order chi connectivity index (χ0) is 11.9. The van der Waals surface area contributed by atoms with Crippen LogP contribution in [-0.4, -0.2) is 0 Å². The second-order valence-corrected chi connectivity index (χ2v) is 6.60. The van der Waals surface area contributed by atoms with Gasteiger partial charge < -0.3 is 0 Å². The first-order valence-electron chi connectivity index (χ1n) is 8.18. The molecule has 2 aliphatic rings. The smallest absolute Gasteiger partial charge is 0.0238 e. The minimum Gasteiger partial charge on any atom is -0.0588 e. The Hall–Kier alpha value is 0. The van der Waals surface area contributed by atoms with Crippen molar-refractivity contribution in [1.29, 1.82) is 0 Å². The third-order valence-corrected chi connectivity index (χ3v) is 5.14. The molecule has 0 spiro atoms. The molecule has 0 aliphatic heterocycles. The van der Waals surface area contributed by atoms with Crippen molar-refractivity contribution in [3.05, 3.63) is 5.92 Å². The van der Waals surface area contributed by atoms with Crippen molar-refractivity contribution >= 4 is 0 Å². The SMILES string of the molecule is C[C](CC1CCCCCC1)C1CCCCCC1. The molecule has 0 atom stereocenters. The molecule has 0 aromatic heterocycles. The lowest BCUT2D eigenvalue weighted by atomic mass is 9.80. The van der Waals surface area contributed by atoms with E-state index >= 15 is 0 Å². The normalized spacial score (nSPS) is 25.8. The van der Waals surface area contributed by atoms with Crippen LogP contribution < -0.4 is 0 Å². The summed E-state index contributed by atoms with van der Waals surface area (Å²) in [5, 5.41) is 0. The molecule has 0 aromatic carbocycles. The summed E-state index contributed by atoms with van der Waals surface area (Å²) in [5.74, 6) is 3.89. The molecule has 0 aromatic rings. The maximum atomic E-state index is 2.47. The monoisotopic (exact) mass is 235 g/mol. The average Bonchev–Trinajstić information content (AvgIpc) is 2.72. The van der Waals surface area contributed by atoms with Crippen LogP contribution in [0, 0.1) is 17.8 Å². The van der Waals surface area contributed by atoms with Gasteiger partial charge in [0.2, 0.25) is 0 Å². The van der Waals surface area contributed by atoms with Crippen molar-refractivity contribution in [3.8, 4) is 0 Å². The summed E-state index contributed by atoms with van der Waals surface area (Å²) < 4.78 is 0.